The fourth-order valence-electron chi connectivity index (χ4n) is 1.39. The summed E-state index contributed by atoms with van der Waals surface area (Å²) in [5.41, 5.74) is 2.34. The monoisotopic (exact) mass is 280 g/mol. The molecular formula is C12H12N2O2S2. The van der Waals surface area contributed by atoms with Gasteiger partial charge in [0, 0.05) is 28.7 Å². The van der Waals surface area contributed by atoms with Crippen LogP contribution < -0.4 is 5.32 Å². The lowest BCUT2D eigenvalue weighted by atomic mass is 10.3. The summed E-state index contributed by atoms with van der Waals surface area (Å²) < 4.78 is 10.1. The van der Waals surface area contributed by atoms with E-state index in [0.29, 0.717) is 6.42 Å². The molecule has 1 aromatic rings. The van der Waals surface area contributed by atoms with Crippen molar-refractivity contribution in [3.63, 3.8) is 0 Å². The molecular weight excluding hydrogens is 268 g/mol. The number of nitrogens with zero attached hydrogens (tertiary/aromatic N) is 1. The van der Waals surface area contributed by atoms with Crippen molar-refractivity contribution in [1.29, 1.82) is 0 Å². The smallest absolute Gasteiger partial charge is 0.225 e. The molecule has 1 unspecified atom stereocenters. The molecule has 2 aliphatic rings. The highest BCUT2D eigenvalue weighted by atomic mass is 32.2. The average Bonchev–Trinajstić information content (AvgIpc) is 2.75. The Morgan fingerprint density at radius 1 is 1.33 bits per heavy atom. The van der Waals surface area contributed by atoms with E-state index in [9.17, 15) is 9.00 Å². The first-order valence-electron chi connectivity index (χ1n) is 5.37. The molecule has 0 saturated carbocycles. The SMILES string of the molecule is O=C1CCSc2ccccc2N1.O=S1C=CN=C1. The van der Waals surface area contributed by atoms with Crippen LogP contribution in [0.2, 0.25) is 0 Å². The van der Waals surface area contributed by atoms with Crippen molar-refractivity contribution in [3.05, 3.63) is 35.9 Å². The maximum Gasteiger partial charge on any atom is 0.225 e. The van der Waals surface area contributed by atoms with Crippen molar-refractivity contribution in [2.24, 2.45) is 4.99 Å². The van der Waals surface area contributed by atoms with E-state index in [2.05, 4.69) is 10.3 Å². The van der Waals surface area contributed by atoms with Gasteiger partial charge in [-0.05, 0) is 12.1 Å². The molecule has 0 aliphatic carbocycles. The molecule has 2 aliphatic heterocycles. The number of anilines is 1. The number of thioether (sulfide) groups is 1. The molecule has 0 saturated heterocycles. The summed E-state index contributed by atoms with van der Waals surface area (Å²) in [4.78, 5) is 15.8. The van der Waals surface area contributed by atoms with Gasteiger partial charge in [-0.1, -0.05) is 12.1 Å². The fraction of sp³-hybridized carbons (Fsp3) is 0.167. The molecule has 3 rings (SSSR count). The Bertz CT molecular complexity index is 513. The summed E-state index contributed by atoms with van der Waals surface area (Å²) in [6.07, 6.45) is 2.13. The van der Waals surface area contributed by atoms with Gasteiger partial charge in [0.1, 0.15) is 0 Å². The highest BCUT2D eigenvalue weighted by Gasteiger charge is 2.11. The third-order valence-corrected chi connectivity index (χ3v) is 3.99. The molecule has 1 N–H and O–H groups in total. The summed E-state index contributed by atoms with van der Waals surface area (Å²) in [5.74, 6) is 0.996. The van der Waals surface area contributed by atoms with Crippen LogP contribution in [0.5, 0.6) is 0 Å². The van der Waals surface area contributed by atoms with Crippen LogP contribution in [0.4, 0.5) is 5.69 Å². The van der Waals surface area contributed by atoms with E-state index in [1.165, 1.54) is 22.1 Å². The number of benzene rings is 1. The number of para-hydroxylation sites is 1. The minimum atomic E-state index is -0.895. The van der Waals surface area contributed by atoms with E-state index in [4.69, 9.17) is 0 Å². The Hall–Kier alpha value is -1.40. The fourth-order valence-corrected chi connectivity index (χ4v) is 2.80. The number of fused-ring (bicyclic) bond motifs is 1. The minimum absolute atomic E-state index is 0.118. The summed E-state index contributed by atoms with van der Waals surface area (Å²) in [5, 5.41) is 4.39. The second-order valence-electron chi connectivity index (χ2n) is 3.51. The van der Waals surface area contributed by atoms with Gasteiger partial charge in [0.15, 0.2) is 0 Å². The van der Waals surface area contributed by atoms with Gasteiger partial charge in [-0.3, -0.25) is 9.79 Å². The average molecular weight is 280 g/mol. The Balaban J connectivity index is 0.000000169. The molecule has 0 spiro atoms. The van der Waals surface area contributed by atoms with Gasteiger partial charge in [0.2, 0.25) is 5.91 Å². The van der Waals surface area contributed by atoms with Crippen LogP contribution in [0.1, 0.15) is 6.42 Å². The number of hydrogen-bond donors (Lipinski definition) is 1. The van der Waals surface area contributed by atoms with Crippen LogP contribution in [-0.2, 0) is 15.6 Å². The number of amides is 1. The topological polar surface area (TPSA) is 58.5 Å². The molecule has 1 atom stereocenters. The molecule has 1 amide bonds. The van der Waals surface area contributed by atoms with Crippen molar-refractivity contribution in [2.75, 3.05) is 11.1 Å². The van der Waals surface area contributed by atoms with Gasteiger partial charge >= 0.3 is 0 Å². The number of carbonyl (C=O) groups excluding carboxylic acids is 1. The van der Waals surface area contributed by atoms with Gasteiger partial charge in [-0.15, -0.1) is 11.8 Å². The van der Waals surface area contributed by atoms with Gasteiger partial charge in [-0.2, -0.15) is 0 Å². The van der Waals surface area contributed by atoms with Crippen LogP contribution in [0.3, 0.4) is 0 Å². The van der Waals surface area contributed by atoms with Crippen molar-refractivity contribution in [3.8, 4) is 0 Å². The summed E-state index contributed by atoms with van der Waals surface area (Å²) in [6.45, 7) is 0. The van der Waals surface area contributed by atoms with E-state index in [-0.39, 0.29) is 5.91 Å². The summed E-state index contributed by atoms with van der Waals surface area (Å²) in [6, 6.07) is 7.89. The van der Waals surface area contributed by atoms with Gasteiger partial charge in [0.25, 0.3) is 0 Å². The molecule has 1 aromatic carbocycles. The molecule has 2 heterocycles. The van der Waals surface area contributed by atoms with Crippen molar-refractivity contribution < 1.29 is 9.00 Å². The number of hydrogen-bond acceptors (Lipinski definition) is 4. The zero-order valence-corrected chi connectivity index (χ0v) is 11.2. The summed E-state index contributed by atoms with van der Waals surface area (Å²) in [7, 11) is -0.895. The predicted molar refractivity (Wildman–Crippen MR) is 76.2 cm³/mol. The Kier molecular flexibility index (Phi) is 4.72. The second-order valence-corrected chi connectivity index (χ2v) is 5.79. The van der Waals surface area contributed by atoms with Gasteiger partial charge < -0.3 is 5.32 Å². The summed E-state index contributed by atoms with van der Waals surface area (Å²) >= 11 is 1.73. The number of carbonyl (C=O) groups is 1. The molecule has 18 heavy (non-hydrogen) atoms. The van der Waals surface area contributed by atoms with Crippen LogP contribution in [-0.4, -0.2) is 21.4 Å². The third kappa shape index (κ3) is 3.82. The van der Waals surface area contributed by atoms with Crippen LogP contribution >= 0.6 is 11.8 Å². The van der Waals surface area contributed by atoms with Crippen LogP contribution in [0.25, 0.3) is 0 Å². The predicted octanol–water partition coefficient (Wildman–Crippen LogP) is 2.37. The van der Waals surface area contributed by atoms with E-state index in [1.807, 2.05) is 24.3 Å². The van der Waals surface area contributed by atoms with Crippen molar-refractivity contribution >= 4 is 39.7 Å². The first-order chi connectivity index (χ1) is 8.75. The standard InChI is InChI=1S/C9H9NOS.C3H3NOS/c11-9-5-6-12-8-4-2-1-3-7(8)10-9;5-6-2-1-4-3-6/h1-4H,5-6H2,(H,10,11);1-3H. The molecule has 0 radical (unpaired) electrons. The highest BCUT2D eigenvalue weighted by molar-refractivity contribution is 8.01. The third-order valence-electron chi connectivity index (χ3n) is 2.19. The van der Waals surface area contributed by atoms with Gasteiger partial charge in [-0.25, -0.2) is 4.21 Å². The van der Waals surface area contributed by atoms with Gasteiger partial charge in [0.05, 0.1) is 22.0 Å². The highest BCUT2D eigenvalue weighted by Crippen LogP contribution is 2.29. The molecule has 4 nitrogen and oxygen atoms in total. The number of rotatable bonds is 0. The second kappa shape index (κ2) is 6.51. The lowest BCUT2D eigenvalue weighted by molar-refractivity contribution is -0.115. The lowest BCUT2D eigenvalue weighted by Gasteiger charge is -2.03. The first kappa shape index (κ1) is 13.0. The Morgan fingerprint density at radius 2 is 2.17 bits per heavy atom. The van der Waals surface area contributed by atoms with E-state index in [1.54, 1.807) is 11.8 Å². The number of nitrogens with one attached hydrogen (secondary N) is 1. The van der Waals surface area contributed by atoms with E-state index >= 15 is 0 Å². The van der Waals surface area contributed by atoms with E-state index < -0.39 is 10.8 Å². The van der Waals surface area contributed by atoms with Crippen LogP contribution in [0.15, 0.2) is 45.8 Å². The van der Waals surface area contributed by atoms with E-state index in [0.717, 1.165) is 11.4 Å². The molecule has 0 fully saturated rings. The largest absolute Gasteiger partial charge is 0.325 e. The van der Waals surface area contributed by atoms with Crippen molar-refractivity contribution in [2.45, 2.75) is 11.3 Å². The molecule has 94 valence electrons. The molecule has 0 aromatic heterocycles. The minimum Gasteiger partial charge on any atom is -0.325 e. The maximum atomic E-state index is 11.1. The first-order valence-corrected chi connectivity index (χ1v) is 7.63. The molecule has 0 bridgehead atoms. The lowest BCUT2D eigenvalue weighted by Crippen LogP contribution is -2.09. The van der Waals surface area contributed by atoms with Crippen LogP contribution in [0, 0.1) is 0 Å². The quantitative estimate of drug-likeness (QED) is 0.793. The Labute approximate surface area is 112 Å². The zero-order chi connectivity index (χ0) is 12.8. The maximum absolute atomic E-state index is 11.1. The normalized spacial score (nSPS) is 20.4. The number of aliphatic imine (C=N–C) groups is 1. The molecule has 6 heteroatoms. The Morgan fingerprint density at radius 3 is 2.83 bits per heavy atom. The van der Waals surface area contributed by atoms with Crippen molar-refractivity contribution in [1.82, 2.24) is 0 Å². The zero-order valence-electron chi connectivity index (χ0n) is 9.54.